The largest absolute Gasteiger partial charge is 0.442 e. The summed E-state index contributed by atoms with van der Waals surface area (Å²) in [7, 11) is 0. The highest BCUT2D eigenvalue weighted by Crippen LogP contribution is 2.52. The summed E-state index contributed by atoms with van der Waals surface area (Å²) in [6.45, 7) is 0.841. The zero-order valence-electron chi connectivity index (χ0n) is 15.5. The van der Waals surface area contributed by atoms with E-state index in [-0.39, 0.29) is 31.0 Å². The summed E-state index contributed by atoms with van der Waals surface area (Å²) in [5.74, 6) is -0.260. The van der Waals surface area contributed by atoms with E-state index in [4.69, 9.17) is 10.5 Å². The van der Waals surface area contributed by atoms with E-state index in [9.17, 15) is 18.0 Å². The molecule has 3 rings (SSSR count). The van der Waals surface area contributed by atoms with Crippen LogP contribution in [0.5, 0.6) is 0 Å². The average Bonchev–Trinajstić information content (AvgIpc) is 3.50. The molecule has 3 N–H and O–H groups in total. The van der Waals surface area contributed by atoms with Gasteiger partial charge in [0.15, 0.2) is 0 Å². The van der Waals surface area contributed by atoms with Crippen molar-refractivity contribution < 1.29 is 22.7 Å². The third-order valence-corrected chi connectivity index (χ3v) is 4.43. The van der Waals surface area contributed by atoms with Gasteiger partial charge in [-0.05, 0) is 11.1 Å². The molecular weight excluding hydrogens is 385 g/mol. The first-order valence-corrected chi connectivity index (χ1v) is 9.04. The quantitative estimate of drug-likeness (QED) is 0.669. The predicted molar refractivity (Wildman–Crippen MR) is 99.6 cm³/mol. The second kappa shape index (κ2) is 8.71. The molecule has 1 heterocycles. The van der Waals surface area contributed by atoms with Crippen LogP contribution in [0, 0.1) is 0 Å². The highest BCUT2D eigenvalue weighted by Gasteiger charge is 2.65. The first kappa shape index (κ1) is 20.9. The Morgan fingerprint density at radius 1 is 1.07 bits per heavy atom. The number of carbonyl (C=O) groups is 1. The van der Waals surface area contributed by atoms with E-state index < -0.39 is 17.9 Å². The van der Waals surface area contributed by atoms with Gasteiger partial charge in [0.25, 0.3) is 0 Å². The Kier molecular flexibility index (Phi) is 6.29. The van der Waals surface area contributed by atoms with Crippen molar-refractivity contribution >= 4 is 5.91 Å². The molecule has 0 fully saturated rings. The van der Waals surface area contributed by atoms with E-state index in [0.29, 0.717) is 12.2 Å². The van der Waals surface area contributed by atoms with Crippen molar-refractivity contribution in [3.63, 3.8) is 0 Å². The molecule has 1 atom stereocenters. The molecule has 0 saturated carbocycles. The van der Waals surface area contributed by atoms with Crippen LogP contribution in [0.25, 0.3) is 0 Å². The molecule has 0 spiro atoms. The van der Waals surface area contributed by atoms with Gasteiger partial charge in [-0.1, -0.05) is 54.6 Å². The Hall–Kier alpha value is -2.78. The van der Waals surface area contributed by atoms with Crippen molar-refractivity contribution in [3.05, 3.63) is 71.3 Å². The highest BCUT2D eigenvalue weighted by molar-refractivity contribution is 5.76. The third kappa shape index (κ3) is 5.39. The van der Waals surface area contributed by atoms with Gasteiger partial charge >= 0.3 is 11.8 Å². The average molecular weight is 406 g/mol. The fourth-order valence-corrected chi connectivity index (χ4v) is 2.77. The normalized spacial score (nSPS) is 15.7. The van der Waals surface area contributed by atoms with Crippen LogP contribution in [0.3, 0.4) is 0 Å². The molecule has 0 aromatic heterocycles. The Bertz CT molecular complexity index is 848. The minimum atomic E-state index is -4.55. The molecular formula is C20H21F3N4O2. The number of nitrogens with two attached hydrogens (primary N) is 1. The summed E-state index contributed by atoms with van der Waals surface area (Å²) in [5, 5.41) is 9.02. The summed E-state index contributed by atoms with van der Waals surface area (Å²) < 4.78 is 44.4. The number of amides is 1. The van der Waals surface area contributed by atoms with E-state index in [2.05, 4.69) is 15.5 Å². The number of benzene rings is 2. The zero-order valence-corrected chi connectivity index (χ0v) is 15.5. The second-order valence-corrected chi connectivity index (χ2v) is 6.81. The fourth-order valence-electron chi connectivity index (χ4n) is 2.77. The van der Waals surface area contributed by atoms with Crippen LogP contribution in [0.15, 0.2) is 64.8 Å². The molecule has 2 aromatic rings. The standard InChI is InChI=1S/C20H21F3N4O2/c21-20(22,23)19(26-27-19)16-8-6-14(7-9-16)11-25-18(28)10-17(24)13-29-12-15-4-2-1-3-5-15/h1-9,17H,10-13,24H2,(H,25,28)/t17-/m1/s1. The van der Waals surface area contributed by atoms with Gasteiger partial charge in [-0.2, -0.15) is 13.2 Å². The number of ether oxygens (including phenoxy) is 1. The number of hydrogen-bond acceptors (Lipinski definition) is 5. The molecule has 0 unspecified atom stereocenters. The summed E-state index contributed by atoms with van der Waals surface area (Å²) in [6.07, 6.45) is -4.47. The topological polar surface area (TPSA) is 89.1 Å². The van der Waals surface area contributed by atoms with Crippen LogP contribution < -0.4 is 11.1 Å². The number of nitrogens with one attached hydrogen (secondary N) is 1. The second-order valence-electron chi connectivity index (χ2n) is 6.81. The number of rotatable bonds is 9. The Labute approximate surface area is 166 Å². The summed E-state index contributed by atoms with van der Waals surface area (Å²) in [5.41, 5.74) is 5.12. The van der Waals surface area contributed by atoms with E-state index in [1.54, 1.807) is 0 Å². The third-order valence-electron chi connectivity index (χ3n) is 4.43. The van der Waals surface area contributed by atoms with Crippen LogP contribution in [0.2, 0.25) is 0 Å². The fraction of sp³-hybridized carbons (Fsp3) is 0.350. The molecule has 154 valence electrons. The summed E-state index contributed by atoms with van der Waals surface area (Å²) in [6, 6.07) is 14.8. The van der Waals surface area contributed by atoms with Crippen molar-refractivity contribution in [3.8, 4) is 0 Å². The molecule has 0 saturated heterocycles. The lowest BCUT2D eigenvalue weighted by Gasteiger charge is -2.15. The Morgan fingerprint density at radius 2 is 1.72 bits per heavy atom. The lowest BCUT2D eigenvalue weighted by Crippen LogP contribution is -2.34. The first-order chi connectivity index (χ1) is 13.8. The van der Waals surface area contributed by atoms with E-state index >= 15 is 0 Å². The smallest absolute Gasteiger partial charge is 0.375 e. The van der Waals surface area contributed by atoms with Crippen molar-refractivity contribution in [1.29, 1.82) is 0 Å². The lowest BCUT2D eigenvalue weighted by molar-refractivity contribution is -0.166. The lowest BCUT2D eigenvalue weighted by atomic mass is 10.0. The van der Waals surface area contributed by atoms with Crippen LogP contribution in [-0.4, -0.2) is 24.7 Å². The van der Waals surface area contributed by atoms with E-state index in [0.717, 1.165) is 5.56 Å². The van der Waals surface area contributed by atoms with Crippen LogP contribution >= 0.6 is 0 Å². The van der Waals surface area contributed by atoms with Crippen LogP contribution in [0.1, 0.15) is 23.1 Å². The summed E-state index contributed by atoms with van der Waals surface area (Å²) in [4.78, 5) is 12.0. The first-order valence-electron chi connectivity index (χ1n) is 9.04. The minimum absolute atomic E-state index is 0.0438. The molecule has 1 aliphatic rings. The molecule has 1 aliphatic heterocycles. The van der Waals surface area contributed by atoms with Crippen LogP contribution in [-0.2, 0) is 28.3 Å². The van der Waals surface area contributed by atoms with Gasteiger partial charge in [-0.15, -0.1) is 10.2 Å². The molecule has 0 bridgehead atoms. The van der Waals surface area contributed by atoms with Gasteiger partial charge in [0, 0.05) is 24.6 Å². The Morgan fingerprint density at radius 3 is 2.31 bits per heavy atom. The van der Waals surface area contributed by atoms with Gasteiger partial charge in [0.2, 0.25) is 5.91 Å². The maximum absolute atomic E-state index is 13.0. The van der Waals surface area contributed by atoms with Crippen molar-refractivity contribution in [2.45, 2.75) is 37.5 Å². The number of alkyl halides is 3. The minimum Gasteiger partial charge on any atom is -0.375 e. The number of carbonyl (C=O) groups excluding carboxylic acids is 1. The molecule has 0 radical (unpaired) electrons. The SMILES string of the molecule is N[C@@H](COCc1ccccc1)CC(=O)NCc1ccc(C2(C(F)(F)F)N=N2)cc1. The zero-order chi connectivity index (χ0) is 20.9. The molecule has 0 aliphatic carbocycles. The molecule has 1 amide bonds. The number of hydrogen-bond donors (Lipinski definition) is 2. The highest BCUT2D eigenvalue weighted by atomic mass is 19.4. The Balaban J connectivity index is 1.39. The number of nitrogens with zero attached hydrogens (tertiary/aromatic N) is 2. The van der Waals surface area contributed by atoms with Gasteiger partial charge in [0.1, 0.15) is 0 Å². The van der Waals surface area contributed by atoms with Crippen LogP contribution in [0.4, 0.5) is 13.2 Å². The van der Waals surface area contributed by atoms with Gasteiger partial charge in [-0.3, -0.25) is 4.79 Å². The molecule has 6 nitrogen and oxygen atoms in total. The van der Waals surface area contributed by atoms with Crippen molar-refractivity contribution in [2.24, 2.45) is 16.0 Å². The van der Waals surface area contributed by atoms with E-state index in [1.165, 1.54) is 24.3 Å². The van der Waals surface area contributed by atoms with E-state index in [1.807, 2.05) is 30.3 Å². The van der Waals surface area contributed by atoms with Gasteiger partial charge in [-0.25, -0.2) is 0 Å². The number of halogens is 3. The predicted octanol–water partition coefficient (Wildman–Crippen LogP) is 3.42. The maximum atomic E-state index is 13.0. The van der Waals surface area contributed by atoms with Gasteiger partial charge in [0.05, 0.1) is 13.2 Å². The molecule has 2 aromatic carbocycles. The molecule has 29 heavy (non-hydrogen) atoms. The monoisotopic (exact) mass is 406 g/mol. The van der Waals surface area contributed by atoms with Gasteiger partial charge < -0.3 is 15.8 Å². The van der Waals surface area contributed by atoms with Crippen molar-refractivity contribution in [1.82, 2.24) is 5.32 Å². The van der Waals surface area contributed by atoms with Crippen molar-refractivity contribution in [2.75, 3.05) is 6.61 Å². The maximum Gasteiger partial charge on any atom is 0.442 e. The summed E-state index contributed by atoms with van der Waals surface area (Å²) >= 11 is 0. The molecule has 9 heteroatoms.